The lowest BCUT2D eigenvalue weighted by atomic mass is 10.1. The molecule has 1 aromatic heterocycles. The van der Waals surface area contributed by atoms with Crippen molar-refractivity contribution in [1.29, 1.82) is 0 Å². The molecule has 0 amide bonds. The molecule has 1 atom stereocenters. The van der Waals surface area contributed by atoms with Gasteiger partial charge in [-0.3, -0.25) is 0 Å². The zero-order chi connectivity index (χ0) is 13.2. The van der Waals surface area contributed by atoms with Gasteiger partial charge in [0.25, 0.3) is 0 Å². The summed E-state index contributed by atoms with van der Waals surface area (Å²) in [5, 5.41) is 7.28. The zero-order valence-electron chi connectivity index (χ0n) is 11.3. The standard InChI is InChI=1S/C15H18N2O2/c1-10-8-11(17-19-10)9-18-15-5-3-4-12-13(15)6-7-14(12)16-2/h3-5,8,14,16H,6-7,9H2,1-2H3. The van der Waals surface area contributed by atoms with Gasteiger partial charge in [-0.1, -0.05) is 17.3 Å². The lowest BCUT2D eigenvalue weighted by molar-refractivity contribution is 0.285. The van der Waals surface area contributed by atoms with Crippen molar-refractivity contribution in [1.82, 2.24) is 10.5 Å². The average molecular weight is 258 g/mol. The number of fused-ring (bicyclic) bond motifs is 1. The maximum atomic E-state index is 5.89. The molecule has 1 unspecified atom stereocenters. The van der Waals surface area contributed by atoms with Crippen molar-refractivity contribution in [3.05, 3.63) is 46.8 Å². The van der Waals surface area contributed by atoms with Crippen molar-refractivity contribution in [2.75, 3.05) is 7.05 Å². The van der Waals surface area contributed by atoms with Crippen LogP contribution in [0.4, 0.5) is 0 Å². The fourth-order valence-corrected chi connectivity index (χ4v) is 2.69. The summed E-state index contributed by atoms with van der Waals surface area (Å²) in [4.78, 5) is 0. The van der Waals surface area contributed by atoms with Crippen molar-refractivity contribution >= 4 is 0 Å². The van der Waals surface area contributed by atoms with Crippen molar-refractivity contribution in [2.45, 2.75) is 32.4 Å². The molecule has 1 heterocycles. The monoisotopic (exact) mass is 258 g/mol. The molecular formula is C15H18N2O2. The Morgan fingerprint density at radius 2 is 2.37 bits per heavy atom. The molecule has 0 spiro atoms. The van der Waals surface area contributed by atoms with Crippen LogP contribution >= 0.6 is 0 Å². The minimum absolute atomic E-state index is 0.452. The van der Waals surface area contributed by atoms with Crippen LogP contribution in [-0.2, 0) is 13.0 Å². The average Bonchev–Trinajstić information content (AvgIpc) is 3.02. The van der Waals surface area contributed by atoms with Crippen LogP contribution in [0.15, 0.2) is 28.8 Å². The van der Waals surface area contributed by atoms with Gasteiger partial charge in [0.2, 0.25) is 0 Å². The van der Waals surface area contributed by atoms with Crippen LogP contribution in [0.25, 0.3) is 0 Å². The number of nitrogens with one attached hydrogen (secondary N) is 1. The Hall–Kier alpha value is -1.81. The number of hydrogen-bond donors (Lipinski definition) is 1. The van der Waals surface area contributed by atoms with Crippen LogP contribution in [0.3, 0.4) is 0 Å². The molecule has 0 bridgehead atoms. The van der Waals surface area contributed by atoms with Gasteiger partial charge < -0.3 is 14.6 Å². The first-order valence-corrected chi connectivity index (χ1v) is 6.62. The van der Waals surface area contributed by atoms with Crippen LogP contribution in [-0.4, -0.2) is 12.2 Å². The highest BCUT2D eigenvalue weighted by Crippen LogP contribution is 2.36. The van der Waals surface area contributed by atoms with Crippen molar-refractivity contribution < 1.29 is 9.26 Å². The van der Waals surface area contributed by atoms with Gasteiger partial charge in [-0.15, -0.1) is 0 Å². The molecule has 100 valence electrons. The van der Waals surface area contributed by atoms with E-state index in [0.29, 0.717) is 12.6 Å². The van der Waals surface area contributed by atoms with E-state index in [2.05, 4.69) is 22.6 Å². The van der Waals surface area contributed by atoms with Crippen molar-refractivity contribution in [3.8, 4) is 5.75 Å². The smallest absolute Gasteiger partial charge is 0.134 e. The quantitative estimate of drug-likeness (QED) is 0.916. The van der Waals surface area contributed by atoms with E-state index in [9.17, 15) is 0 Å². The van der Waals surface area contributed by atoms with Gasteiger partial charge >= 0.3 is 0 Å². The number of nitrogens with zero attached hydrogens (tertiary/aromatic N) is 1. The third kappa shape index (κ3) is 2.36. The molecule has 1 aliphatic rings. The molecule has 1 aliphatic carbocycles. The minimum Gasteiger partial charge on any atom is -0.487 e. The number of aromatic nitrogens is 1. The summed E-state index contributed by atoms with van der Waals surface area (Å²) in [6.07, 6.45) is 2.20. The van der Waals surface area contributed by atoms with Crippen LogP contribution in [0.2, 0.25) is 0 Å². The molecule has 1 aromatic carbocycles. The molecule has 19 heavy (non-hydrogen) atoms. The first-order valence-electron chi connectivity index (χ1n) is 6.62. The zero-order valence-corrected chi connectivity index (χ0v) is 11.3. The summed E-state index contributed by atoms with van der Waals surface area (Å²) in [6.45, 7) is 2.34. The van der Waals surface area contributed by atoms with E-state index in [1.807, 2.05) is 26.1 Å². The molecule has 0 saturated heterocycles. The molecule has 4 nitrogen and oxygen atoms in total. The van der Waals surface area contributed by atoms with E-state index in [1.54, 1.807) is 0 Å². The molecule has 2 aromatic rings. The highest BCUT2D eigenvalue weighted by Gasteiger charge is 2.23. The Kier molecular flexibility index (Phi) is 3.25. The SMILES string of the molecule is CNC1CCc2c(OCc3cc(C)on3)cccc21. The van der Waals surface area contributed by atoms with Gasteiger partial charge in [-0.05, 0) is 44.0 Å². The van der Waals surface area contributed by atoms with Crippen molar-refractivity contribution in [2.24, 2.45) is 0 Å². The minimum atomic E-state index is 0.452. The lowest BCUT2D eigenvalue weighted by Gasteiger charge is -2.12. The number of hydrogen-bond acceptors (Lipinski definition) is 4. The second kappa shape index (κ2) is 5.05. The van der Waals surface area contributed by atoms with Crippen LogP contribution in [0.1, 0.15) is 35.0 Å². The van der Waals surface area contributed by atoms with Crippen LogP contribution < -0.4 is 10.1 Å². The van der Waals surface area contributed by atoms with Gasteiger partial charge in [0.05, 0.1) is 0 Å². The predicted molar refractivity (Wildman–Crippen MR) is 72.1 cm³/mol. The van der Waals surface area contributed by atoms with Crippen LogP contribution in [0, 0.1) is 6.92 Å². The van der Waals surface area contributed by atoms with Gasteiger partial charge in [0, 0.05) is 12.1 Å². The highest BCUT2D eigenvalue weighted by atomic mass is 16.5. The summed E-state index contributed by atoms with van der Waals surface area (Å²) in [5.74, 6) is 1.78. The van der Waals surface area contributed by atoms with E-state index in [1.165, 1.54) is 11.1 Å². The Labute approximate surface area is 112 Å². The summed E-state index contributed by atoms with van der Waals surface area (Å²) in [5.41, 5.74) is 3.51. The van der Waals surface area contributed by atoms with Gasteiger partial charge in [-0.2, -0.15) is 0 Å². The Balaban J connectivity index is 1.77. The van der Waals surface area contributed by atoms with Crippen molar-refractivity contribution in [3.63, 3.8) is 0 Å². The first-order chi connectivity index (χ1) is 9.28. The molecular weight excluding hydrogens is 240 g/mol. The largest absolute Gasteiger partial charge is 0.487 e. The highest BCUT2D eigenvalue weighted by molar-refractivity contribution is 5.45. The van der Waals surface area contributed by atoms with Gasteiger partial charge in [-0.25, -0.2) is 0 Å². The second-order valence-electron chi connectivity index (χ2n) is 4.92. The molecule has 0 fully saturated rings. The molecule has 4 heteroatoms. The number of benzene rings is 1. The summed E-state index contributed by atoms with van der Waals surface area (Å²) >= 11 is 0. The van der Waals surface area contributed by atoms with E-state index in [-0.39, 0.29) is 0 Å². The van der Waals surface area contributed by atoms with Gasteiger partial charge in [0.1, 0.15) is 23.8 Å². The maximum absolute atomic E-state index is 5.89. The predicted octanol–water partition coefficient (Wildman–Crippen LogP) is 2.77. The summed E-state index contributed by atoms with van der Waals surface area (Å²) < 4.78 is 10.9. The Bertz CT molecular complexity index is 577. The fraction of sp³-hybridized carbons (Fsp3) is 0.400. The topological polar surface area (TPSA) is 47.3 Å². The molecule has 1 N–H and O–H groups in total. The Morgan fingerprint density at radius 1 is 1.47 bits per heavy atom. The Morgan fingerprint density at radius 3 is 3.11 bits per heavy atom. The third-order valence-corrected chi connectivity index (χ3v) is 3.63. The molecule has 3 rings (SSSR count). The van der Waals surface area contributed by atoms with Crippen LogP contribution in [0.5, 0.6) is 5.75 Å². The lowest BCUT2D eigenvalue weighted by Crippen LogP contribution is -2.12. The van der Waals surface area contributed by atoms with E-state index < -0.39 is 0 Å². The summed E-state index contributed by atoms with van der Waals surface area (Å²) in [7, 11) is 2.01. The fourth-order valence-electron chi connectivity index (χ4n) is 2.69. The number of aryl methyl sites for hydroxylation is 1. The third-order valence-electron chi connectivity index (χ3n) is 3.63. The maximum Gasteiger partial charge on any atom is 0.134 e. The molecule has 0 aliphatic heterocycles. The van der Waals surface area contributed by atoms with E-state index in [4.69, 9.17) is 9.26 Å². The first kappa shape index (κ1) is 12.2. The number of rotatable bonds is 4. The van der Waals surface area contributed by atoms with Gasteiger partial charge in [0.15, 0.2) is 0 Å². The normalized spacial score (nSPS) is 17.5. The molecule has 0 radical (unpaired) electrons. The summed E-state index contributed by atoms with van der Waals surface area (Å²) in [6, 6.07) is 8.62. The second-order valence-corrected chi connectivity index (χ2v) is 4.92. The number of ether oxygens (including phenoxy) is 1. The van der Waals surface area contributed by atoms with E-state index in [0.717, 1.165) is 30.0 Å². The molecule has 0 saturated carbocycles. The van der Waals surface area contributed by atoms with E-state index >= 15 is 0 Å².